The number of hydrogen-bond acceptors (Lipinski definition) is 2. The second-order valence-corrected chi connectivity index (χ2v) is 18.1. The van der Waals surface area contributed by atoms with Crippen molar-refractivity contribution in [1.82, 2.24) is 9.13 Å². The second kappa shape index (κ2) is 18.6. The number of para-hydroxylation sites is 2. The van der Waals surface area contributed by atoms with Gasteiger partial charge in [0.1, 0.15) is 11.6 Å². The van der Waals surface area contributed by atoms with Crippen molar-refractivity contribution in [3.05, 3.63) is 278 Å². The third-order valence-corrected chi connectivity index (χ3v) is 13.8. The first kappa shape index (κ1) is 44.0. The molecule has 12 rings (SSSR count). The van der Waals surface area contributed by atoms with Crippen molar-refractivity contribution < 1.29 is 8.78 Å². The predicted molar refractivity (Wildman–Crippen MR) is 295 cm³/mol. The zero-order valence-electron chi connectivity index (χ0n) is 39.8. The van der Waals surface area contributed by atoms with E-state index in [1.54, 1.807) is 0 Å². The molecule has 0 N–H and O–H groups in total. The number of benzene rings is 10. The fourth-order valence-electron chi connectivity index (χ4n) is 10.5. The van der Waals surface area contributed by atoms with Crippen LogP contribution in [0.3, 0.4) is 0 Å². The summed E-state index contributed by atoms with van der Waals surface area (Å²) in [4.78, 5) is 4.29. The molecule has 0 radical (unpaired) electrons. The molecule has 6 heteroatoms. The van der Waals surface area contributed by atoms with Gasteiger partial charge in [0.15, 0.2) is 0 Å². The van der Waals surface area contributed by atoms with E-state index in [0.717, 1.165) is 90.2 Å². The molecule has 0 saturated heterocycles. The van der Waals surface area contributed by atoms with E-state index in [9.17, 15) is 8.78 Å². The minimum Gasteiger partial charge on any atom is -0.313 e. The second-order valence-electron chi connectivity index (χ2n) is 18.1. The standard InChI is InChI=1S/C66H48F2N4/c1-45-65(47-15-7-3-8-16-47)61-43-49(23-41-63(61)69(45)55-33-37-59(38-34-55)71(53-19-11-5-12-20-53)57-29-25-51(67)26-30-57)50-24-42-64-62(44-50)66(48-17-9-4-10-18-48)46(2)70(64)56-35-39-60(40-36-56)72(54-21-13-6-14-22-54)58-31-27-52(68)28-32-58/h3-44H,1-2H3. The van der Waals surface area contributed by atoms with Crippen LogP contribution in [0.25, 0.3) is 66.6 Å². The van der Waals surface area contributed by atoms with Crippen LogP contribution in [-0.2, 0) is 0 Å². The number of aromatic nitrogens is 2. The summed E-state index contributed by atoms with van der Waals surface area (Å²) in [5, 5.41) is 2.33. The number of fused-ring (bicyclic) bond motifs is 2. The quantitative estimate of drug-likeness (QED) is 0.128. The molecule has 72 heavy (non-hydrogen) atoms. The van der Waals surface area contributed by atoms with Crippen molar-refractivity contribution in [2.75, 3.05) is 9.80 Å². The smallest absolute Gasteiger partial charge is 0.123 e. The molecule has 0 aliphatic heterocycles. The van der Waals surface area contributed by atoms with Crippen molar-refractivity contribution in [2.24, 2.45) is 0 Å². The van der Waals surface area contributed by atoms with Gasteiger partial charge in [-0.3, -0.25) is 0 Å². The minimum atomic E-state index is -0.267. The van der Waals surface area contributed by atoms with E-state index < -0.39 is 0 Å². The molecule has 0 spiro atoms. The van der Waals surface area contributed by atoms with Crippen LogP contribution in [-0.4, -0.2) is 9.13 Å². The first-order valence-electron chi connectivity index (χ1n) is 24.2. The van der Waals surface area contributed by atoms with E-state index in [-0.39, 0.29) is 11.6 Å². The Hall–Kier alpha value is -9.26. The lowest BCUT2D eigenvalue weighted by molar-refractivity contribution is 0.627. The number of nitrogens with zero attached hydrogens (tertiary/aromatic N) is 4. The Kier molecular flexibility index (Phi) is 11.3. The van der Waals surface area contributed by atoms with Crippen LogP contribution in [0.4, 0.5) is 42.9 Å². The Labute approximate surface area is 418 Å². The number of anilines is 6. The molecule has 0 amide bonds. The van der Waals surface area contributed by atoms with E-state index in [4.69, 9.17) is 0 Å². The van der Waals surface area contributed by atoms with Crippen molar-refractivity contribution in [2.45, 2.75) is 13.8 Å². The Morgan fingerprint density at radius 2 is 0.583 bits per heavy atom. The van der Waals surface area contributed by atoms with Gasteiger partial charge in [0, 0.05) is 78.8 Å². The lowest BCUT2D eigenvalue weighted by Crippen LogP contribution is -2.10. The van der Waals surface area contributed by atoms with Crippen LogP contribution in [0.2, 0.25) is 0 Å². The Morgan fingerprint density at radius 1 is 0.292 bits per heavy atom. The maximum atomic E-state index is 14.1. The van der Waals surface area contributed by atoms with Crippen LogP contribution in [0, 0.1) is 25.5 Å². The zero-order valence-corrected chi connectivity index (χ0v) is 39.8. The van der Waals surface area contributed by atoms with Gasteiger partial charge in [0.05, 0.1) is 11.0 Å². The molecule has 0 unspecified atom stereocenters. The lowest BCUT2D eigenvalue weighted by Gasteiger charge is -2.25. The van der Waals surface area contributed by atoms with E-state index in [1.807, 2.05) is 60.7 Å². The van der Waals surface area contributed by atoms with Gasteiger partial charge in [0.2, 0.25) is 0 Å². The highest BCUT2D eigenvalue weighted by Crippen LogP contribution is 2.44. The highest BCUT2D eigenvalue weighted by molar-refractivity contribution is 6.04. The third kappa shape index (κ3) is 7.99. The highest BCUT2D eigenvalue weighted by atomic mass is 19.1. The molecule has 12 aromatic rings. The Morgan fingerprint density at radius 3 is 0.917 bits per heavy atom. The molecule has 0 atom stereocenters. The largest absolute Gasteiger partial charge is 0.313 e. The molecule has 0 saturated carbocycles. The van der Waals surface area contributed by atoms with Crippen molar-refractivity contribution in [1.29, 1.82) is 0 Å². The Balaban J connectivity index is 0.959. The van der Waals surface area contributed by atoms with Crippen molar-refractivity contribution >= 4 is 55.9 Å². The van der Waals surface area contributed by atoms with E-state index in [1.165, 1.54) is 46.2 Å². The maximum Gasteiger partial charge on any atom is 0.123 e. The first-order valence-corrected chi connectivity index (χ1v) is 24.2. The molecular formula is C66H48F2N4. The molecule has 0 fully saturated rings. The third-order valence-electron chi connectivity index (χ3n) is 13.8. The van der Waals surface area contributed by atoms with Gasteiger partial charge in [-0.15, -0.1) is 0 Å². The van der Waals surface area contributed by atoms with Crippen LogP contribution in [0.5, 0.6) is 0 Å². The highest BCUT2D eigenvalue weighted by Gasteiger charge is 2.22. The number of hydrogen-bond donors (Lipinski definition) is 0. The van der Waals surface area contributed by atoms with Gasteiger partial charge in [-0.2, -0.15) is 0 Å². The predicted octanol–water partition coefficient (Wildman–Crippen LogP) is 18.4. The van der Waals surface area contributed by atoms with E-state index in [2.05, 4.69) is 203 Å². The normalized spacial score (nSPS) is 11.3. The zero-order chi connectivity index (χ0) is 48.7. The van der Waals surface area contributed by atoms with Gasteiger partial charge in [0.25, 0.3) is 0 Å². The average molecular weight is 935 g/mol. The number of rotatable bonds is 11. The first-order chi connectivity index (χ1) is 35.4. The van der Waals surface area contributed by atoms with Crippen LogP contribution in [0.1, 0.15) is 11.4 Å². The molecule has 10 aromatic carbocycles. The van der Waals surface area contributed by atoms with Crippen molar-refractivity contribution in [3.8, 4) is 44.8 Å². The van der Waals surface area contributed by atoms with Gasteiger partial charge in [-0.25, -0.2) is 8.78 Å². The van der Waals surface area contributed by atoms with E-state index in [0.29, 0.717) is 0 Å². The summed E-state index contributed by atoms with van der Waals surface area (Å²) in [6, 6.07) is 86.0. The lowest BCUT2D eigenvalue weighted by atomic mass is 9.96. The summed E-state index contributed by atoms with van der Waals surface area (Å²) in [5.74, 6) is -0.534. The molecule has 2 heterocycles. The minimum absolute atomic E-state index is 0.267. The molecular weight excluding hydrogens is 887 g/mol. The molecule has 0 aliphatic carbocycles. The SMILES string of the molecule is Cc1c(-c2ccccc2)c2cc(-c3ccc4c(c3)c(-c3ccccc3)c(C)n4-c3ccc(N(c4ccccc4)c4ccc(F)cc4)cc3)ccc2n1-c1ccc(N(c2ccccc2)c2ccc(F)cc2)cc1. The molecule has 0 bridgehead atoms. The van der Waals surface area contributed by atoms with Gasteiger partial charge < -0.3 is 18.9 Å². The summed E-state index contributed by atoms with van der Waals surface area (Å²) in [6.07, 6.45) is 0. The molecule has 346 valence electrons. The molecule has 0 aliphatic rings. The fraction of sp³-hybridized carbons (Fsp3) is 0.0303. The van der Waals surface area contributed by atoms with Crippen LogP contribution in [0.15, 0.2) is 255 Å². The summed E-state index contributed by atoms with van der Waals surface area (Å²) < 4.78 is 32.9. The van der Waals surface area contributed by atoms with E-state index >= 15 is 0 Å². The van der Waals surface area contributed by atoms with Crippen LogP contribution >= 0.6 is 0 Å². The maximum absolute atomic E-state index is 14.1. The van der Waals surface area contributed by atoms with Crippen molar-refractivity contribution in [3.63, 3.8) is 0 Å². The fourth-order valence-corrected chi connectivity index (χ4v) is 10.5. The van der Waals surface area contributed by atoms with Crippen LogP contribution < -0.4 is 9.80 Å². The Bertz CT molecular complexity index is 3590. The average Bonchev–Trinajstić information content (AvgIpc) is 3.89. The van der Waals surface area contributed by atoms with Gasteiger partial charge in [-0.05, 0) is 182 Å². The van der Waals surface area contributed by atoms with Gasteiger partial charge >= 0.3 is 0 Å². The summed E-state index contributed by atoms with van der Waals surface area (Å²) in [7, 11) is 0. The summed E-state index contributed by atoms with van der Waals surface area (Å²) in [6.45, 7) is 4.42. The monoisotopic (exact) mass is 934 g/mol. The van der Waals surface area contributed by atoms with Gasteiger partial charge in [-0.1, -0.05) is 109 Å². The molecule has 2 aromatic heterocycles. The topological polar surface area (TPSA) is 16.3 Å². The molecule has 4 nitrogen and oxygen atoms in total. The summed E-state index contributed by atoms with van der Waals surface area (Å²) in [5.41, 5.74) is 19.2. The summed E-state index contributed by atoms with van der Waals surface area (Å²) >= 11 is 0. The number of halogens is 2.